The first-order chi connectivity index (χ1) is 15.2. The fourth-order valence-electron chi connectivity index (χ4n) is 3.30. The molecule has 2 heterocycles. The largest absolute Gasteiger partial charge is 0.459 e. The molecule has 0 radical (unpaired) electrons. The highest BCUT2D eigenvalue weighted by molar-refractivity contribution is 7.17. The predicted molar refractivity (Wildman–Crippen MR) is 122 cm³/mol. The number of amides is 2. The number of ether oxygens (including phenoxy) is 2. The lowest BCUT2D eigenvalue weighted by Crippen LogP contribution is -2.31. The molecule has 0 unspecified atom stereocenters. The zero-order chi connectivity index (χ0) is 23.3. The van der Waals surface area contributed by atoms with Gasteiger partial charge in [-0.2, -0.15) is 0 Å². The maximum atomic E-state index is 12.6. The molecule has 2 amide bonds. The summed E-state index contributed by atoms with van der Waals surface area (Å²) in [5, 5.41) is 5.57. The zero-order valence-electron chi connectivity index (χ0n) is 18.2. The highest BCUT2D eigenvalue weighted by atomic mass is 32.1. The Labute approximate surface area is 194 Å². The molecule has 172 valence electrons. The van der Waals surface area contributed by atoms with Gasteiger partial charge >= 0.3 is 11.9 Å². The second-order valence-electron chi connectivity index (χ2n) is 7.67. The van der Waals surface area contributed by atoms with E-state index >= 15 is 0 Å². The van der Waals surface area contributed by atoms with Crippen LogP contribution >= 0.6 is 22.7 Å². The Morgan fingerprint density at radius 2 is 1.84 bits per heavy atom. The Morgan fingerprint density at radius 3 is 2.53 bits per heavy atom. The zero-order valence-corrected chi connectivity index (χ0v) is 19.9. The van der Waals surface area contributed by atoms with Gasteiger partial charge in [0.2, 0.25) is 0 Å². The van der Waals surface area contributed by atoms with Gasteiger partial charge < -0.3 is 20.1 Å². The molecule has 2 aromatic rings. The molecule has 0 aliphatic heterocycles. The van der Waals surface area contributed by atoms with Crippen LogP contribution in [0, 0.1) is 6.92 Å². The minimum Gasteiger partial charge on any atom is -0.459 e. The average Bonchev–Trinajstić information content (AvgIpc) is 3.33. The van der Waals surface area contributed by atoms with Gasteiger partial charge in [-0.15, -0.1) is 22.7 Å². The van der Waals surface area contributed by atoms with E-state index in [1.165, 1.54) is 22.7 Å². The lowest BCUT2D eigenvalue weighted by Gasteiger charge is -2.14. The SMILES string of the molecule is Cc1ccc(C(=O)NCC(=O)OCC(=O)Nc2sc3c(c2C(=O)OC(C)C)CCCC3)s1. The highest BCUT2D eigenvalue weighted by Gasteiger charge is 2.28. The first-order valence-corrected chi connectivity index (χ1v) is 12.0. The number of aryl methyl sites for hydroxylation is 2. The summed E-state index contributed by atoms with van der Waals surface area (Å²) in [5.41, 5.74) is 1.34. The number of hydrogen-bond donors (Lipinski definition) is 2. The minimum absolute atomic E-state index is 0.278. The number of thiophene rings is 2. The molecule has 0 fully saturated rings. The molecule has 1 aliphatic carbocycles. The molecule has 0 atom stereocenters. The molecule has 3 rings (SSSR count). The Bertz CT molecular complexity index is 1020. The van der Waals surface area contributed by atoms with Crippen molar-refractivity contribution in [2.45, 2.75) is 52.6 Å². The van der Waals surface area contributed by atoms with E-state index in [4.69, 9.17) is 9.47 Å². The molecule has 0 spiro atoms. The molecule has 32 heavy (non-hydrogen) atoms. The maximum Gasteiger partial charge on any atom is 0.341 e. The van der Waals surface area contributed by atoms with Crippen molar-refractivity contribution in [1.82, 2.24) is 5.32 Å². The summed E-state index contributed by atoms with van der Waals surface area (Å²) in [4.78, 5) is 51.5. The van der Waals surface area contributed by atoms with Crippen LogP contribution < -0.4 is 10.6 Å². The number of carbonyl (C=O) groups excluding carboxylic acids is 4. The van der Waals surface area contributed by atoms with Gasteiger partial charge in [-0.1, -0.05) is 0 Å². The molecule has 2 aromatic heterocycles. The number of esters is 2. The van der Waals surface area contributed by atoms with E-state index in [0.717, 1.165) is 41.0 Å². The van der Waals surface area contributed by atoms with Gasteiger partial charge in [0.1, 0.15) is 11.5 Å². The van der Waals surface area contributed by atoms with Crippen molar-refractivity contribution in [2.75, 3.05) is 18.5 Å². The molecule has 0 saturated heterocycles. The van der Waals surface area contributed by atoms with Gasteiger partial charge in [0.05, 0.1) is 16.5 Å². The van der Waals surface area contributed by atoms with Crippen molar-refractivity contribution in [3.05, 3.63) is 37.9 Å². The fourth-order valence-corrected chi connectivity index (χ4v) is 5.38. The van der Waals surface area contributed by atoms with Crippen LogP contribution in [-0.4, -0.2) is 43.0 Å². The third-order valence-corrected chi connectivity index (χ3v) is 6.90. The van der Waals surface area contributed by atoms with Gasteiger partial charge in [0.25, 0.3) is 11.8 Å². The van der Waals surface area contributed by atoms with Crippen molar-refractivity contribution in [3.8, 4) is 0 Å². The molecule has 10 heteroatoms. The first-order valence-electron chi connectivity index (χ1n) is 10.4. The topological polar surface area (TPSA) is 111 Å². The second kappa shape index (κ2) is 10.7. The van der Waals surface area contributed by atoms with Gasteiger partial charge in [-0.05, 0) is 64.2 Å². The summed E-state index contributed by atoms with van der Waals surface area (Å²) < 4.78 is 10.3. The Kier molecular flexibility index (Phi) is 8.03. The summed E-state index contributed by atoms with van der Waals surface area (Å²) in [6, 6.07) is 3.49. The van der Waals surface area contributed by atoms with Crippen LogP contribution in [0.15, 0.2) is 12.1 Å². The fraction of sp³-hybridized carbons (Fsp3) is 0.455. The lowest BCUT2D eigenvalue weighted by molar-refractivity contribution is -0.146. The van der Waals surface area contributed by atoms with E-state index in [2.05, 4.69) is 10.6 Å². The van der Waals surface area contributed by atoms with E-state index in [1.807, 2.05) is 13.0 Å². The summed E-state index contributed by atoms with van der Waals surface area (Å²) in [7, 11) is 0. The minimum atomic E-state index is -0.730. The van der Waals surface area contributed by atoms with Crippen LogP contribution in [0.4, 0.5) is 5.00 Å². The highest BCUT2D eigenvalue weighted by Crippen LogP contribution is 2.38. The van der Waals surface area contributed by atoms with Crippen LogP contribution in [0.5, 0.6) is 0 Å². The van der Waals surface area contributed by atoms with Crippen LogP contribution in [0.1, 0.15) is 62.0 Å². The van der Waals surface area contributed by atoms with E-state index < -0.39 is 24.5 Å². The smallest absolute Gasteiger partial charge is 0.341 e. The Balaban J connectivity index is 1.55. The van der Waals surface area contributed by atoms with Crippen LogP contribution in [0.2, 0.25) is 0 Å². The molecule has 8 nitrogen and oxygen atoms in total. The van der Waals surface area contributed by atoms with Gasteiger partial charge in [0.15, 0.2) is 6.61 Å². The number of carbonyl (C=O) groups is 4. The second-order valence-corrected chi connectivity index (χ2v) is 10.1. The predicted octanol–water partition coefficient (Wildman–Crippen LogP) is 3.47. The molecule has 0 aromatic carbocycles. The van der Waals surface area contributed by atoms with Crippen LogP contribution in [0.25, 0.3) is 0 Å². The van der Waals surface area contributed by atoms with Gasteiger partial charge in [0, 0.05) is 9.75 Å². The summed E-state index contributed by atoms with van der Waals surface area (Å²) in [6.45, 7) is 4.56. The summed E-state index contributed by atoms with van der Waals surface area (Å²) in [6.07, 6.45) is 3.36. The number of fused-ring (bicyclic) bond motifs is 1. The van der Waals surface area contributed by atoms with E-state index in [0.29, 0.717) is 15.4 Å². The first kappa shape index (κ1) is 23.9. The molecular formula is C22H26N2O6S2. The van der Waals surface area contributed by atoms with Crippen LogP contribution in [0.3, 0.4) is 0 Å². The van der Waals surface area contributed by atoms with Gasteiger partial charge in [-0.3, -0.25) is 14.4 Å². The standard InChI is InChI=1S/C22H26N2O6S2/c1-12(2)30-22(28)19-14-6-4-5-7-15(14)32-21(19)24-17(25)11-29-18(26)10-23-20(27)16-9-8-13(3)31-16/h8-9,12H,4-7,10-11H2,1-3H3,(H,23,27)(H,24,25). The quantitative estimate of drug-likeness (QED) is 0.562. The van der Waals surface area contributed by atoms with Crippen molar-refractivity contribution >= 4 is 51.4 Å². The number of nitrogens with one attached hydrogen (secondary N) is 2. The maximum absolute atomic E-state index is 12.6. The van der Waals surface area contributed by atoms with Crippen molar-refractivity contribution in [2.24, 2.45) is 0 Å². The Morgan fingerprint density at radius 1 is 1.09 bits per heavy atom. The molecule has 1 aliphatic rings. The average molecular weight is 479 g/mol. The third kappa shape index (κ3) is 6.17. The van der Waals surface area contributed by atoms with Gasteiger partial charge in [-0.25, -0.2) is 4.79 Å². The lowest BCUT2D eigenvalue weighted by atomic mass is 9.95. The number of hydrogen-bond acceptors (Lipinski definition) is 8. The van der Waals surface area contributed by atoms with Crippen molar-refractivity contribution in [3.63, 3.8) is 0 Å². The van der Waals surface area contributed by atoms with Crippen molar-refractivity contribution in [1.29, 1.82) is 0 Å². The molecular weight excluding hydrogens is 452 g/mol. The summed E-state index contributed by atoms with van der Waals surface area (Å²) in [5.74, 6) is -2.12. The van der Waals surface area contributed by atoms with Crippen molar-refractivity contribution < 1.29 is 28.7 Å². The van der Waals surface area contributed by atoms with Crippen LogP contribution in [-0.2, 0) is 31.9 Å². The van der Waals surface area contributed by atoms with E-state index in [1.54, 1.807) is 19.9 Å². The van der Waals surface area contributed by atoms with E-state index in [9.17, 15) is 19.2 Å². The normalized spacial score (nSPS) is 12.8. The Hall–Kier alpha value is -2.72. The molecule has 0 saturated carbocycles. The number of rotatable bonds is 8. The third-order valence-electron chi connectivity index (χ3n) is 4.69. The molecule has 0 bridgehead atoms. The molecule has 2 N–H and O–H groups in total. The monoisotopic (exact) mass is 478 g/mol. The van der Waals surface area contributed by atoms with E-state index in [-0.39, 0.29) is 18.6 Å². The number of anilines is 1. The summed E-state index contributed by atoms with van der Waals surface area (Å²) >= 11 is 2.69.